The molecule has 0 radical (unpaired) electrons. The molecule has 8 fully saturated rings. The molecule has 0 heterocycles. The number of nitrogen functional groups attached to an aromatic ring is 5. The van der Waals surface area contributed by atoms with Crippen molar-refractivity contribution >= 4 is 92.2 Å². The van der Waals surface area contributed by atoms with Crippen LogP contribution in [0.5, 0.6) is 28.7 Å². The number of aromatic hydroxyl groups is 2. The largest absolute Gasteiger partial charge is 1.00 e. The maximum Gasteiger partial charge on any atom is 1.00 e. The Bertz CT molecular complexity index is 4220. The molecule has 15 N–H and O–H groups in total. The third-order valence-electron chi connectivity index (χ3n) is 20.8. The third-order valence-corrected chi connectivity index (χ3v) is 20.8. The Morgan fingerprint density at radius 2 is 0.872 bits per heavy atom. The van der Waals surface area contributed by atoms with Gasteiger partial charge in [-0.25, -0.2) is 9.59 Å². The molecule has 30 heteroatoms. The quantitative estimate of drug-likeness (QED) is 0.00541. The van der Waals surface area contributed by atoms with Crippen LogP contribution in [0.4, 0.5) is 28.4 Å². The summed E-state index contributed by atoms with van der Waals surface area (Å²) in [7, 11) is 4.64. The minimum Gasteiger partial charge on any atom is -0.855 e. The van der Waals surface area contributed by atoms with E-state index in [4.69, 9.17) is 95.0 Å². The van der Waals surface area contributed by atoms with Crippen LogP contribution in [0.1, 0.15) is 223 Å². The number of esters is 2. The number of benzene rings is 5. The summed E-state index contributed by atoms with van der Waals surface area (Å²) in [5, 5.41) is 78.7. The molecule has 8 bridgehead atoms. The van der Waals surface area contributed by atoms with Gasteiger partial charge in [0.15, 0.2) is 17.1 Å². The second-order valence-electron chi connectivity index (χ2n) is 28.2. The number of allylic oxidation sites excluding steroid dienone is 1. The number of halogens is 1. The van der Waals surface area contributed by atoms with Crippen LogP contribution in [0.2, 0.25) is 0 Å². The molecule has 0 spiro atoms. The number of ketones is 3. The zero-order valence-electron chi connectivity index (χ0n) is 70.1. The van der Waals surface area contributed by atoms with Gasteiger partial charge >= 0.3 is 47.5 Å². The minimum absolute atomic E-state index is 0. The van der Waals surface area contributed by atoms with E-state index >= 15 is 0 Å². The SMILES string of the molecule is C.C1C2CC3CC1CC(C14CC5CC(CC(C5)C1)C4)(C2)C3.CC(=O)C(C)=O.CCOC(=O)CC(=O)CC.CCOC(=O)c1cc(C#N)c(N)c(C)c1O.CCOC=C(C#N)C#N.CC[O-].CI.COc1ccc(C#N)c(N)c1C.COc1ccc(C(=O)O)c(N)c1C.COc1ccc(C(N)=O)c(N)c1C.Cc1c(O)ccc(C#N)c1N.[2HH].[Na+]. The van der Waals surface area contributed by atoms with Crippen molar-refractivity contribution in [2.75, 3.05) is 81.4 Å². The molecular formula is C87H121IN11NaO17. The molecule has 8 saturated carbocycles. The Balaban J connectivity index is -0.00000127. The molecule has 0 unspecified atom stereocenters. The normalized spacial score (nSPS) is 18.4. The Labute approximate surface area is 727 Å². The summed E-state index contributed by atoms with van der Waals surface area (Å²) < 4.78 is 29.0. The van der Waals surface area contributed by atoms with Gasteiger partial charge in [0.25, 0.3) is 5.91 Å². The van der Waals surface area contributed by atoms with Gasteiger partial charge in [-0.15, -0.1) is 6.61 Å². The van der Waals surface area contributed by atoms with E-state index in [1.807, 2.05) is 30.1 Å². The molecule has 634 valence electrons. The van der Waals surface area contributed by atoms with Gasteiger partial charge in [-0.3, -0.25) is 24.0 Å². The Morgan fingerprint density at radius 3 is 1.20 bits per heavy atom. The van der Waals surface area contributed by atoms with E-state index in [0.29, 0.717) is 87.3 Å². The number of carbonyl (C=O) groups excluding carboxylic acids is 6. The molecule has 0 atom stereocenters. The van der Waals surface area contributed by atoms with Gasteiger partial charge in [0.1, 0.15) is 83.1 Å². The molecule has 1 amide bonds. The summed E-state index contributed by atoms with van der Waals surface area (Å²) in [6.07, 6.45) is 21.3. The first kappa shape index (κ1) is 109. The summed E-state index contributed by atoms with van der Waals surface area (Å²) in [5.41, 5.74) is 41.1. The van der Waals surface area contributed by atoms with E-state index < -0.39 is 23.8 Å². The first-order chi connectivity index (χ1) is 54.4. The average Bonchev–Trinajstić information content (AvgIpc) is 0.694. The number of phenolic OH excluding ortho intramolecular Hbond substituents is 2. The van der Waals surface area contributed by atoms with Gasteiger partial charge < -0.3 is 83.2 Å². The van der Waals surface area contributed by atoms with Crippen LogP contribution >= 0.6 is 22.6 Å². The summed E-state index contributed by atoms with van der Waals surface area (Å²) in [4.78, 5) is 75.7. The van der Waals surface area contributed by atoms with Gasteiger partial charge in [0, 0.05) is 49.5 Å². The number of hydrogen-bond donors (Lipinski definition) is 9. The number of primary amides is 1. The van der Waals surface area contributed by atoms with Gasteiger partial charge in [0.2, 0.25) is 0 Å². The number of hydrogen-bond acceptors (Lipinski definition) is 26. The fraction of sp³-hybridized carbons (Fsp3) is 0.494. The number of carboxylic acid groups (broad SMARTS) is 1. The fourth-order valence-corrected chi connectivity index (χ4v) is 15.6. The number of carbonyl (C=O) groups is 7. The number of phenols is 2. The molecule has 5 aromatic carbocycles. The first-order valence-corrected chi connectivity index (χ1v) is 39.7. The number of nitrogens with two attached hydrogens (primary N) is 6. The number of amides is 1. The van der Waals surface area contributed by atoms with Crippen LogP contribution in [0, 0.1) is 138 Å². The van der Waals surface area contributed by atoms with Gasteiger partial charge in [0.05, 0.1) is 97.4 Å². The number of nitriles is 5. The zero-order valence-corrected chi connectivity index (χ0v) is 74.3. The monoisotopic (exact) mass is 1740 g/mol. The molecule has 117 heavy (non-hydrogen) atoms. The van der Waals surface area contributed by atoms with Crippen LogP contribution in [0.3, 0.4) is 0 Å². The molecular weight excluding hydrogens is 1620 g/mol. The van der Waals surface area contributed by atoms with E-state index in [1.54, 1.807) is 189 Å². The van der Waals surface area contributed by atoms with E-state index in [2.05, 4.69) is 32.1 Å². The molecule has 0 aliphatic heterocycles. The second-order valence-corrected chi connectivity index (χ2v) is 28.2. The predicted molar refractivity (Wildman–Crippen MR) is 456 cm³/mol. The molecule has 13 rings (SSSR count). The van der Waals surface area contributed by atoms with Crippen LogP contribution in [0.15, 0.2) is 66.4 Å². The Kier molecular flexibility index (Phi) is 50.7. The van der Waals surface area contributed by atoms with Crippen molar-refractivity contribution in [3.63, 3.8) is 0 Å². The third kappa shape index (κ3) is 31.9. The average molecular weight is 1740 g/mol. The van der Waals surface area contributed by atoms with Crippen molar-refractivity contribution < 1.29 is 113 Å². The minimum atomic E-state index is -1.02. The number of carboxylic acids is 1. The second kappa shape index (κ2) is 54.6. The zero-order chi connectivity index (χ0) is 87.8. The van der Waals surface area contributed by atoms with Gasteiger partial charge in [-0.1, -0.05) is 43.9 Å². The number of nitrogens with zero attached hydrogens (tertiary/aromatic N) is 5. The summed E-state index contributed by atoms with van der Waals surface area (Å²) in [6, 6.07) is 23.0. The molecule has 8 aliphatic carbocycles. The van der Waals surface area contributed by atoms with Crippen LogP contribution in [-0.2, 0) is 33.4 Å². The number of methoxy groups -OCH3 is 3. The van der Waals surface area contributed by atoms with Crippen molar-refractivity contribution in [3.05, 3.63) is 128 Å². The van der Waals surface area contributed by atoms with E-state index in [-0.39, 0.29) is 121 Å². The maximum absolute atomic E-state index is 11.5. The van der Waals surface area contributed by atoms with Crippen molar-refractivity contribution in [2.45, 2.75) is 180 Å². The van der Waals surface area contributed by atoms with E-state index in [1.165, 1.54) is 52.1 Å². The summed E-state index contributed by atoms with van der Waals surface area (Å²) in [5.74, 6) is 5.35. The van der Waals surface area contributed by atoms with Crippen LogP contribution in [0.25, 0.3) is 0 Å². The van der Waals surface area contributed by atoms with E-state index in [0.717, 1.165) is 63.7 Å². The number of alkyl halides is 1. The van der Waals surface area contributed by atoms with Crippen LogP contribution in [-0.4, -0.2) is 109 Å². The van der Waals surface area contributed by atoms with Crippen LogP contribution < -0.4 is 83.3 Å². The van der Waals surface area contributed by atoms with Gasteiger partial charge in [-0.05, 0) is 238 Å². The van der Waals surface area contributed by atoms with Crippen molar-refractivity contribution in [1.82, 2.24) is 0 Å². The Morgan fingerprint density at radius 1 is 0.530 bits per heavy atom. The molecule has 0 aromatic heterocycles. The fourth-order valence-electron chi connectivity index (χ4n) is 15.6. The van der Waals surface area contributed by atoms with E-state index in [9.17, 15) is 38.7 Å². The molecule has 28 nitrogen and oxygen atoms in total. The van der Waals surface area contributed by atoms with Crippen molar-refractivity contribution in [3.8, 4) is 59.1 Å². The van der Waals surface area contributed by atoms with Crippen molar-refractivity contribution in [2.24, 2.45) is 52.1 Å². The molecule has 5 aromatic rings. The maximum atomic E-state index is 11.5. The molecule has 8 aliphatic rings. The van der Waals surface area contributed by atoms with Crippen molar-refractivity contribution in [1.29, 1.82) is 26.3 Å². The number of anilines is 5. The smallest absolute Gasteiger partial charge is 0.855 e. The first-order valence-electron chi connectivity index (χ1n) is 37.5. The molecule has 0 saturated heterocycles. The Hall–Kier alpha value is -10.3. The summed E-state index contributed by atoms with van der Waals surface area (Å²) >= 11 is 2.15. The summed E-state index contributed by atoms with van der Waals surface area (Å²) in [6.45, 7) is 20.5. The number of Topliss-reactive ketones (excluding diaryl/α,β-unsaturated/α-hetero) is 3. The predicted octanol–water partition coefficient (Wildman–Crippen LogP) is 11.7. The number of aromatic carboxylic acids is 1. The number of rotatable bonds is 15. The van der Waals surface area contributed by atoms with Gasteiger partial charge in [-0.2, -0.15) is 26.3 Å². The standard InChI is InChI=1S/C20H30.C11H12N2O3.C9H12N2O2.C9H10N2O.C9H11NO3.C8H8N2O.C7H12O3.C6H6N2O.C4H6O2.C2H5O.CH3I.CH4.Na.H2/c1-13-2-15-3-14(1)8-19(7-13,9-15)20-10-16-4-17(11-20)6-18(5-16)12-20;1-3-16-11(15)8-4-7(5-12)9(13)6(2)10(8)14;1-5-7(13-2)4-3-6(8(5)10)9(11)12;1-6-8(12-2)4-3-7(5-10)9(6)11;1-5-7(13-2)4-3-6(8(5)10)9(11)12;1-5-7(11)3-2-6(4-9)8(5)10;1-3-6(8)5-7(9)10-4-2;1-2-9-5-6(3-7)4-8;1-3(5)4(2)6;1-2-3;1-2;;;/h13-18H,1-12H2;4,14H,3,13H2,1-2H3;3-4H,10H2,1-2H3,(H2,11,12);3-4H,11H2,1-2H3;3-4H,10H2,1-2H3,(H,11,12);2-3,11H,10H2,1H3;3-5H2,1-2H3;5H,2H2,1H3;1-2H3;2H2,1H3;1H3;1H4;;1H/q;;;;;;;;;-1;;;+1;/i;;;;;;;;;;;;;1+1. The topological polar surface area (TPSA) is 534 Å². The number of ether oxygens (including phenoxy) is 6.